The van der Waals surface area contributed by atoms with Crippen LogP contribution in [0.2, 0.25) is 0 Å². The largest absolute Gasteiger partial charge is 0.573 e. The van der Waals surface area contributed by atoms with Crippen molar-refractivity contribution in [1.29, 1.82) is 0 Å². The molecule has 0 atom stereocenters. The maximum Gasteiger partial charge on any atom is 0.573 e. The standard InChI is InChI=1S/C19H25BF3NO5/c1-17(2)18(3,4)29-20(28-17)13-9-12(10-15(11-13)27-19(21,22)23)16(25)24-14-5-7-26-8-6-14/h9-11,14H,5-8H2,1-4H3,(H,24,25). The summed E-state index contributed by atoms with van der Waals surface area (Å²) in [6.45, 7) is 8.40. The van der Waals surface area contributed by atoms with Crippen molar-refractivity contribution >= 4 is 18.5 Å². The predicted octanol–water partition coefficient (Wildman–Crippen LogP) is 2.79. The molecule has 3 rings (SSSR count). The molecule has 0 bridgehead atoms. The van der Waals surface area contributed by atoms with Crippen LogP contribution < -0.4 is 15.5 Å². The zero-order valence-corrected chi connectivity index (χ0v) is 16.9. The van der Waals surface area contributed by atoms with Gasteiger partial charge < -0.3 is 24.1 Å². The van der Waals surface area contributed by atoms with Crippen LogP contribution in [0.5, 0.6) is 5.75 Å². The van der Waals surface area contributed by atoms with E-state index in [2.05, 4.69) is 10.1 Å². The topological polar surface area (TPSA) is 66.0 Å². The van der Waals surface area contributed by atoms with Crippen molar-refractivity contribution in [3.8, 4) is 5.75 Å². The van der Waals surface area contributed by atoms with E-state index in [1.807, 2.05) is 27.7 Å². The number of amides is 1. The smallest absolute Gasteiger partial charge is 0.406 e. The summed E-state index contributed by atoms with van der Waals surface area (Å²) in [5, 5.41) is 2.84. The Kier molecular flexibility index (Phi) is 5.90. The first kappa shape index (κ1) is 21.9. The van der Waals surface area contributed by atoms with Gasteiger partial charge in [0.05, 0.1) is 11.2 Å². The van der Waals surface area contributed by atoms with Gasteiger partial charge in [-0.1, -0.05) is 0 Å². The molecular formula is C19H25BF3NO5. The highest BCUT2D eigenvalue weighted by Crippen LogP contribution is 2.37. The van der Waals surface area contributed by atoms with Crippen LogP contribution in [0.1, 0.15) is 50.9 Å². The molecule has 2 saturated heterocycles. The van der Waals surface area contributed by atoms with Gasteiger partial charge in [0, 0.05) is 24.8 Å². The summed E-state index contributed by atoms with van der Waals surface area (Å²) in [6, 6.07) is 3.63. The third kappa shape index (κ3) is 5.23. The van der Waals surface area contributed by atoms with E-state index < -0.39 is 36.3 Å². The summed E-state index contributed by atoms with van der Waals surface area (Å²) in [5.41, 5.74) is -1.03. The first-order valence-corrected chi connectivity index (χ1v) is 9.51. The lowest BCUT2D eigenvalue weighted by atomic mass is 9.78. The zero-order chi connectivity index (χ0) is 21.4. The second kappa shape index (κ2) is 7.81. The van der Waals surface area contributed by atoms with Crippen molar-refractivity contribution in [2.45, 2.75) is 64.1 Å². The van der Waals surface area contributed by atoms with E-state index in [4.69, 9.17) is 14.0 Å². The summed E-state index contributed by atoms with van der Waals surface area (Å²) in [6.07, 6.45) is -3.59. The van der Waals surface area contributed by atoms with Gasteiger partial charge in [0.1, 0.15) is 5.75 Å². The maximum atomic E-state index is 12.8. The molecule has 1 aromatic carbocycles. The molecule has 2 aliphatic rings. The molecule has 1 N–H and O–H groups in total. The van der Waals surface area contributed by atoms with Crippen LogP contribution in [0.25, 0.3) is 0 Å². The third-order valence-electron chi connectivity index (χ3n) is 5.51. The molecule has 6 nitrogen and oxygen atoms in total. The minimum absolute atomic E-state index is 0.0444. The number of hydrogen-bond donors (Lipinski definition) is 1. The van der Waals surface area contributed by atoms with E-state index in [9.17, 15) is 18.0 Å². The summed E-state index contributed by atoms with van der Waals surface area (Å²) in [4.78, 5) is 12.7. The molecule has 1 aromatic rings. The van der Waals surface area contributed by atoms with Gasteiger partial charge in [-0.25, -0.2) is 0 Å². The van der Waals surface area contributed by atoms with E-state index in [0.29, 0.717) is 26.1 Å². The Balaban J connectivity index is 1.88. The highest BCUT2D eigenvalue weighted by molar-refractivity contribution is 6.62. The number of carbonyl (C=O) groups excluding carboxylic acids is 1. The average Bonchev–Trinajstić information content (AvgIpc) is 2.82. The van der Waals surface area contributed by atoms with E-state index in [1.54, 1.807) is 0 Å². The van der Waals surface area contributed by atoms with Crippen LogP contribution >= 0.6 is 0 Å². The van der Waals surface area contributed by atoms with Crippen LogP contribution in [-0.4, -0.2) is 49.8 Å². The van der Waals surface area contributed by atoms with Crippen LogP contribution in [0, 0.1) is 0 Å². The van der Waals surface area contributed by atoms with Gasteiger partial charge in [0.25, 0.3) is 5.91 Å². The minimum Gasteiger partial charge on any atom is -0.406 e. The van der Waals surface area contributed by atoms with Crippen molar-refractivity contribution in [3.63, 3.8) is 0 Å². The number of rotatable bonds is 4. The fraction of sp³-hybridized carbons (Fsp3) is 0.632. The molecule has 2 aliphatic heterocycles. The van der Waals surface area contributed by atoms with Gasteiger partial charge in [-0.15, -0.1) is 13.2 Å². The van der Waals surface area contributed by atoms with Gasteiger partial charge in [-0.05, 0) is 64.2 Å². The summed E-state index contributed by atoms with van der Waals surface area (Å²) >= 11 is 0. The monoisotopic (exact) mass is 415 g/mol. The fourth-order valence-corrected chi connectivity index (χ4v) is 3.17. The number of halogens is 3. The fourth-order valence-electron chi connectivity index (χ4n) is 3.17. The lowest BCUT2D eigenvalue weighted by Gasteiger charge is -2.32. The number of alkyl halides is 3. The lowest BCUT2D eigenvalue weighted by Crippen LogP contribution is -2.41. The summed E-state index contributed by atoms with van der Waals surface area (Å²) in [7, 11) is -0.925. The highest BCUT2D eigenvalue weighted by atomic mass is 19.4. The molecular weight excluding hydrogens is 390 g/mol. The predicted molar refractivity (Wildman–Crippen MR) is 100 cm³/mol. The number of benzene rings is 1. The Labute approximate surface area is 168 Å². The molecule has 29 heavy (non-hydrogen) atoms. The molecule has 0 unspecified atom stereocenters. The van der Waals surface area contributed by atoms with Crippen molar-refractivity contribution in [2.24, 2.45) is 0 Å². The van der Waals surface area contributed by atoms with Crippen LogP contribution in [0.3, 0.4) is 0 Å². The lowest BCUT2D eigenvalue weighted by molar-refractivity contribution is -0.274. The van der Waals surface area contributed by atoms with E-state index >= 15 is 0 Å². The van der Waals surface area contributed by atoms with Gasteiger partial charge in [0.15, 0.2) is 0 Å². The van der Waals surface area contributed by atoms with Gasteiger partial charge in [0.2, 0.25) is 0 Å². The van der Waals surface area contributed by atoms with Crippen molar-refractivity contribution in [2.75, 3.05) is 13.2 Å². The Morgan fingerprint density at radius 2 is 1.69 bits per heavy atom. The minimum atomic E-state index is -4.89. The molecule has 10 heteroatoms. The number of nitrogens with one attached hydrogen (secondary N) is 1. The number of carbonyl (C=O) groups is 1. The van der Waals surface area contributed by atoms with Crippen molar-refractivity contribution in [1.82, 2.24) is 5.32 Å². The summed E-state index contributed by atoms with van der Waals surface area (Å²) < 4.78 is 59.6. The Morgan fingerprint density at radius 3 is 2.24 bits per heavy atom. The quantitative estimate of drug-likeness (QED) is 0.767. The van der Waals surface area contributed by atoms with Gasteiger partial charge >= 0.3 is 13.5 Å². The molecule has 0 saturated carbocycles. The second-order valence-electron chi connectivity index (χ2n) is 8.29. The molecule has 0 aliphatic carbocycles. The molecule has 0 spiro atoms. The first-order valence-electron chi connectivity index (χ1n) is 9.51. The second-order valence-corrected chi connectivity index (χ2v) is 8.29. The molecule has 160 valence electrons. The summed E-state index contributed by atoms with van der Waals surface area (Å²) in [5.74, 6) is -0.982. The number of ether oxygens (including phenoxy) is 2. The van der Waals surface area contributed by atoms with Gasteiger partial charge in [-0.2, -0.15) is 0 Å². The molecule has 1 amide bonds. The average molecular weight is 415 g/mol. The highest BCUT2D eigenvalue weighted by Gasteiger charge is 2.52. The number of hydrogen-bond acceptors (Lipinski definition) is 5. The first-order chi connectivity index (χ1) is 13.4. The zero-order valence-electron chi connectivity index (χ0n) is 16.9. The molecule has 2 heterocycles. The van der Waals surface area contributed by atoms with E-state index in [-0.39, 0.29) is 17.1 Å². The van der Waals surface area contributed by atoms with E-state index in [1.165, 1.54) is 12.1 Å². The normalized spacial score (nSPS) is 21.8. The van der Waals surface area contributed by atoms with Crippen LogP contribution in [-0.2, 0) is 14.0 Å². The molecule has 2 fully saturated rings. The SMILES string of the molecule is CC1(C)OB(c2cc(OC(F)(F)F)cc(C(=O)NC3CCOCC3)c2)OC1(C)C. The Bertz CT molecular complexity index is 747. The third-order valence-corrected chi connectivity index (χ3v) is 5.51. The van der Waals surface area contributed by atoms with Crippen LogP contribution in [0.4, 0.5) is 13.2 Å². The van der Waals surface area contributed by atoms with Crippen molar-refractivity contribution < 1.29 is 36.7 Å². The molecule has 0 aromatic heterocycles. The van der Waals surface area contributed by atoms with Gasteiger partial charge in [-0.3, -0.25) is 4.79 Å². The van der Waals surface area contributed by atoms with E-state index in [0.717, 1.165) is 6.07 Å². The Hall–Kier alpha value is -1.78. The van der Waals surface area contributed by atoms with Crippen LogP contribution in [0.15, 0.2) is 18.2 Å². The maximum absolute atomic E-state index is 12.8. The molecule has 0 radical (unpaired) electrons. The Morgan fingerprint density at radius 1 is 1.10 bits per heavy atom. The van der Waals surface area contributed by atoms with Crippen molar-refractivity contribution in [3.05, 3.63) is 23.8 Å².